The van der Waals surface area contributed by atoms with Crippen LogP contribution in [0.2, 0.25) is 0 Å². The van der Waals surface area contributed by atoms with Crippen LogP contribution >= 0.6 is 0 Å². The molecule has 122 valence electrons. The molecule has 0 aromatic heterocycles. The summed E-state index contributed by atoms with van der Waals surface area (Å²) >= 11 is 0. The summed E-state index contributed by atoms with van der Waals surface area (Å²) < 4.78 is 5.85. The molecule has 0 saturated heterocycles. The molecule has 3 aromatic rings. The van der Waals surface area contributed by atoms with Crippen LogP contribution in [0.5, 0.6) is 11.5 Å². The summed E-state index contributed by atoms with van der Waals surface area (Å²) in [5.41, 5.74) is 1.06. The third kappa shape index (κ3) is 3.56. The van der Waals surface area contributed by atoms with E-state index in [1.54, 1.807) is 48.5 Å². The number of ketones is 2. The quantitative estimate of drug-likeness (QED) is 0.468. The van der Waals surface area contributed by atoms with Crippen LogP contribution in [0.4, 0.5) is 0 Å². The standard InChI is InChI=1S/C22H16O3/c1-2-20(23)17-12-6-7-13-18(17)22(24)19-14-8-9-15-21(19)25-16-10-4-3-5-11-16/h2-15H,1H2. The normalized spacial score (nSPS) is 10.1. The first-order valence-electron chi connectivity index (χ1n) is 7.83. The molecule has 0 N–H and O–H groups in total. The van der Waals surface area contributed by atoms with E-state index in [1.807, 2.05) is 30.3 Å². The number of para-hydroxylation sites is 2. The number of rotatable bonds is 6. The van der Waals surface area contributed by atoms with Crippen LogP contribution in [0.1, 0.15) is 26.3 Å². The lowest BCUT2D eigenvalue weighted by molar-refractivity contribution is 0.101. The number of ether oxygens (including phenoxy) is 1. The molecule has 0 fully saturated rings. The molecule has 25 heavy (non-hydrogen) atoms. The Morgan fingerprint density at radius 3 is 1.96 bits per heavy atom. The molecule has 0 aliphatic rings. The van der Waals surface area contributed by atoms with Crippen LogP contribution < -0.4 is 4.74 Å². The van der Waals surface area contributed by atoms with Crippen molar-refractivity contribution in [2.45, 2.75) is 0 Å². The highest BCUT2D eigenvalue weighted by molar-refractivity contribution is 6.18. The van der Waals surface area contributed by atoms with Crippen molar-refractivity contribution >= 4 is 11.6 Å². The van der Waals surface area contributed by atoms with Gasteiger partial charge in [-0.1, -0.05) is 61.2 Å². The van der Waals surface area contributed by atoms with E-state index in [0.717, 1.165) is 0 Å². The highest BCUT2D eigenvalue weighted by Gasteiger charge is 2.19. The zero-order valence-electron chi connectivity index (χ0n) is 13.5. The fourth-order valence-electron chi connectivity index (χ4n) is 2.51. The lowest BCUT2D eigenvalue weighted by Crippen LogP contribution is -2.09. The van der Waals surface area contributed by atoms with Gasteiger partial charge in [0.25, 0.3) is 0 Å². The van der Waals surface area contributed by atoms with Crippen LogP contribution in [0, 0.1) is 0 Å². The highest BCUT2D eigenvalue weighted by Crippen LogP contribution is 2.28. The fourth-order valence-corrected chi connectivity index (χ4v) is 2.51. The van der Waals surface area contributed by atoms with E-state index in [4.69, 9.17) is 4.74 Å². The van der Waals surface area contributed by atoms with E-state index in [0.29, 0.717) is 28.2 Å². The third-order valence-electron chi connectivity index (χ3n) is 3.73. The number of allylic oxidation sites excluding steroid dienone is 1. The molecular formula is C22H16O3. The summed E-state index contributed by atoms with van der Waals surface area (Å²) in [6.45, 7) is 3.50. The molecule has 3 aromatic carbocycles. The summed E-state index contributed by atoms with van der Waals surface area (Å²) in [6, 6.07) is 22.9. The van der Waals surface area contributed by atoms with Gasteiger partial charge >= 0.3 is 0 Å². The number of hydrogen-bond acceptors (Lipinski definition) is 3. The van der Waals surface area contributed by atoms with Gasteiger partial charge in [0, 0.05) is 11.1 Å². The van der Waals surface area contributed by atoms with Gasteiger partial charge in [-0.2, -0.15) is 0 Å². The first kappa shape index (κ1) is 16.4. The van der Waals surface area contributed by atoms with Crippen molar-refractivity contribution in [3.05, 3.63) is 108 Å². The van der Waals surface area contributed by atoms with E-state index in [9.17, 15) is 9.59 Å². The first-order valence-corrected chi connectivity index (χ1v) is 7.83. The van der Waals surface area contributed by atoms with Gasteiger partial charge in [-0.15, -0.1) is 0 Å². The van der Waals surface area contributed by atoms with Crippen LogP contribution in [0.3, 0.4) is 0 Å². The van der Waals surface area contributed by atoms with Gasteiger partial charge in [-0.3, -0.25) is 9.59 Å². The van der Waals surface area contributed by atoms with E-state index in [2.05, 4.69) is 6.58 Å². The minimum Gasteiger partial charge on any atom is -0.457 e. The van der Waals surface area contributed by atoms with Gasteiger partial charge in [-0.25, -0.2) is 0 Å². The minimum absolute atomic E-state index is 0.266. The number of carbonyl (C=O) groups excluding carboxylic acids is 2. The summed E-state index contributed by atoms with van der Waals surface area (Å²) in [5.74, 6) is 0.528. The van der Waals surface area contributed by atoms with Crippen molar-refractivity contribution in [3.8, 4) is 11.5 Å². The van der Waals surface area contributed by atoms with Crippen LogP contribution in [-0.2, 0) is 0 Å². The Balaban J connectivity index is 2.02. The van der Waals surface area contributed by atoms with E-state index in [-0.39, 0.29) is 11.6 Å². The second kappa shape index (κ2) is 7.41. The predicted octanol–water partition coefficient (Wildman–Crippen LogP) is 5.08. The van der Waals surface area contributed by atoms with Gasteiger partial charge in [0.2, 0.25) is 0 Å². The topological polar surface area (TPSA) is 43.4 Å². The molecule has 0 aliphatic heterocycles. The number of hydrogen-bond donors (Lipinski definition) is 0. The average molecular weight is 328 g/mol. The molecule has 0 aliphatic carbocycles. The second-order valence-electron chi connectivity index (χ2n) is 5.35. The van der Waals surface area contributed by atoms with Crippen molar-refractivity contribution in [2.75, 3.05) is 0 Å². The van der Waals surface area contributed by atoms with Gasteiger partial charge < -0.3 is 4.74 Å². The van der Waals surface area contributed by atoms with Crippen LogP contribution in [-0.4, -0.2) is 11.6 Å². The number of benzene rings is 3. The smallest absolute Gasteiger partial charge is 0.197 e. The lowest BCUT2D eigenvalue weighted by atomic mass is 9.95. The van der Waals surface area contributed by atoms with E-state index < -0.39 is 0 Å². The second-order valence-corrected chi connectivity index (χ2v) is 5.35. The fraction of sp³-hybridized carbons (Fsp3) is 0. The maximum atomic E-state index is 13.0. The summed E-state index contributed by atoms with van der Waals surface area (Å²) in [5, 5.41) is 0. The van der Waals surface area contributed by atoms with Crippen molar-refractivity contribution in [1.82, 2.24) is 0 Å². The maximum Gasteiger partial charge on any atom is 0.197 e. The summed E-state index contributed by atoms with van der Waals surface area (Å²) in [6.07, 6.45) is 1.21. The van der Waals surface area contributed by atoms with Crippen LogP contribution in [0.25, 0.3) is 0 Å². The third-order valence-corrected chi connectivity index (χ3v) is 3.73. The molecule has 0 amide bonds. The Hall–Kier alpha value is -3.46. The molecule has 0 unspecified atom stereocenters. The Labute approximate surface area is 146 Å². The van der Waals surface area contributed by atoms with Gasteiger partial charge in [0.05, 0.1) is 5.56 Å². The average Bonchev–Trinajstić information content (AvgIpc) is 2.68. The van der Waals surface area contributed by atoms with E-state index in [1.165, 1.54) is 6.08 Å². The molecular weight excluding hydrogens is 312 g/mol. The largest absolute Gasteiger partial charge is 0.457 e. The van der Waals surface area contributed by atoms with Crippen LogP contribution in [0.15, 0.2) is 91.5 Å². The Morgan fingerprint density at radius 2 is 1.28 bits per heavy atom. The van der Waals surface area contributed by atoms with Gasteiger partial charge in [0.15, 0.2) is 11.6 Å². The molecule has 0 heterocycles. The predicted molar refractivity (Wildman–Crippen MR) is 97.4 cm³/mol. The summed E-state index contributed by atoms with van der Waals surface area (Å²) in [7, 11) is 0. The minimum atomic E-state index is -0.287. The molecule has 0 bridgehead atoms. The Morgan fingerprint density at radius 1 is 0.720 bits per heavy atom. The zero-order valence-corrected chi connectivity index (χ0v) is 13.5. The Kier molecular flexibility index (Phi) is 4.86. The first-order chi connectivity index (χ1) is 12.2. The summed E-state index contributed by atoms with van der Waals surface area (Å²) in [4.78, 5) is 25.1. The number of carbonyl (C=O) groups is 2. The highest BCUT2D eigenvalue weighted by atomic mass is 16.5. The van der Waals surface area contributed by atoms with Crippen molar-refractivity contribution in [3.63, 3.8) is 0 Å². The molecule has 3 rings (SSSR count). The van der Waals surface area contributed by atoms with Crippen molar-refractivity contribution < 1.29 is 14.3 Å². The molecule has 3 heteroatoms. The van der Waals surface area contributed by atoms with Gasteiger partial charge in [-0.05, 0) is 30.3 Å². The monoisotopic (exact) mass is 328 g/mol. The Bertz CT molecular complexity index is 927. The molecule has 3 nitrogen and oxygen atoms in total. The van der Waals surface area contributed by atoms with Crippen molar-refractivity contribution in [2.24, 2.45) is 0 Å². The SMILES string of the molecule is C=CC(=O)c1ccccc1C(=O)c1ccccc1Oc1ccccc1. The van der Waals surface area contributed by atoms with E-state index >= 15 is 0 Å². The zero-order chi connectivity index (χ0) is 17.6. The maximum absolute atomic E-state index is 13.0. The molecule has 0 saturated carbocycles. The van der Waals surface area contributed by atoms with Gasteiger partial charge in [0.1, 0.15) is 11.5 Å². The lowest BCUT2D eigenvalue weighted by Gasteiger charge is -2.12. The van der Waals surface area contributed by atoms with Crippen molar-refractivity contribution in [1.29, 1.82) is 0 Å². The molecule has 0 radical (unpaired) electrons. The molecule has 0 atom stereocenters. The molecule has 0 spiro atoms.